The van der Waals surface area contributed by atoms with Crippen molar-refractivity contribution in [3.8, 4) is 5.75 Å². The first-order chi connectivity index (χ1) is 11.5. The standard InChI is InChI=1S/C17H23FN4O2/c1-12(2)24-14-5-6-16(15(18)11-14)21-17(23)20-7-4-9-22-10-8-19-13(22)3/h5-6,8,10-12H,4,7,9H2,1-3H3,(H2,20,21,23). The first kappa shape index (κ1) is 17.8. The molecule has 0 fully saturated rings. The SMILES string of the molecule is Cc1nccn1CCCNC(=O)Nc1ccc(OC(C)C)cc1F. The largest absolute Gasteiger partial charge is 0.491 e. The monoisotopic (exact) mass is 334 g/mol. The molecule has 2 N–H and O–H groups in total. The normalized spacial score (nSPS) is 10.7. The van der Waals surface area contributed by atoms with Gasteiger partial charge in [-0.15, -0.1) is 0 Å². The summed E-state index contributed by atoms with van der Waals surface area (Å²) in [6.07, 6.45) is 4.36. The summed E-state index contributed by atoms with van der Waals surface area (Å²) in [4.78, 5) is 15.9. The topological polar surface area (TPSA) is 68.2 Å². The molecule has 0 aliphatic rings. The van der Waals surface area contributed by atoms with Gasteiger partial charge in [0.05, 0.1) is 11.8 Å². The molecule has 0 atom stereocenters. The molecule has 2 aromatic rings. The number of halogens is 1. The zero-order valence-electron chi connectivity index (χ0n) is 14.2. The molecule has 7 heteroatoms. The number of anilines is 1. The van der Waals surface area contributed by atoms with Crippen LogP contribution in [-0.2, 0) is 6.54 Å². The quantitative estimate of drug-likeness (QED) is 0.763. The Labute approximate surface area is 141 Å². The van der Waals surface area contributed by atoms with E-state index >= 15 is 0 Å². The van der Waals surface area contributed by atoms with Gasteiger partial charge in [-0.25, -0.2) is 14.2 Å². The molecule has 0 saturated heterocycles. The summed E-state index contributed by atoms with van der Waals surface area (Å²) in [5.74, 6) is 0.840. The Morgan fingerprint density at radius 2 is 2.21 bits per heavy atom. The number of aryl methyl sites for hydroxylation is 2. The van der Waals surface area contributed by atoms with E-state index in [9.17, 15) is 9.18 Å². The number of carbonyl (C=O) groups is 1. The number of rotatable bonds is 7. The fraction of sp³-hybridized carbons (Fsp3) is 0.412. The van der Waals surface area contributed by atoms with Gasteiger partial charge < -0.3 is 19.9 Å². The van der Waals surface area contributed by atoms with Crippen LogP contribution in [0, 0.1) is 12.7 Å². The van der Waals surface area contributed by atoms with Gasteiger partial charge in [0, 0.05) is 31.5 Å². The smallest absolute Gasteiger partial charge is 0.319 e. The second-order valence-corrected chi connectivity index (χ2v) is 5.71. The van der Waals surface area contributed by atoms with E-state index in [1.54, 1.807) is 12.3 Å². The van der Waals surface area contributed by atoms with Crippen molar-refractivity contribution in [2.45, 2.75) is 39.8 Å². The van der Waals surface area contributed by atoms with Crippen LogP contribution >= 0.6 is 0 Å². The van der Waals surface area contributed by atoms with Crippen LogP contribution in [-0.4, -0.2) is 28.2 Å². The van der Waals surface area contributed by atoms with Crippen molar-refractivity contribution < 1.29 is 13.9 Å². The molecule has 2 amide bonds. The van der Waals surface area contributed by atoms with E-state index in [-0.39, 0.29) is 11.8 Å². The number of aromatic nitrogens is 2. The summed E-state index contributed by atoms with van der Waals surface area (Å²) >= 11 is 0. The van der Waals surface area contributed by atoms with Crippen molar-refractivity contribution in [3.05, 3.63) is 42.2 Å². The highest BCUT2D eigenvalue weighted by Crippen LogP contribution is 2.21. The maximum Gasteiger partial charge on any atom is 0.319 e. The lowest BCUT2D eigenvalue weighted by molar-refractivity contribution is 0.241. The van der Waals surface area contributed by atoms with E-state index in [0.717, 1.165) is 18.8 Å². The number of ether oxygens (including phenoxy) is 1. The van der Waals surface area contributed by atoms with Gasteiger partial charge in [-0.2, -0.15) is 0 Å². The average Bonchev–Trinajstić information content (AvgIpc) is 2.91. The number of imidazole rings is 1. The molecule has 0 saturated carbocycles. The van der Waals surface area contributed by atoms with Crippen LogP contribution in [0.1, 0.15) is 26.1 Å². The second-order valence-electron chi connectivity index (χ2n) is 5.71. The minimum atomic E-state index is -0.530. The summed E-state index contributed by atoms with van der Waals surface area (Å²) in [5, 5.41) is 5.20. The molecular formula is C17H23FN4O2. The molecule has 6 nitrogen and oxygen atoms in total. The number of hydrogen-bond donors (Lipinski definition) is 2. The molecule has 0 bridgehead atoms. The zero-order chi connectivity index (χ0) is 17.5. The predicted octanol–water partition coefficient (Wildman–Crippen LogP) is 3.33. The lowest BCUT2D eigenvalue weighted by atomic mass is 10.3. The Balaban J connectivity index is 1.76. The molecule has 0 unspecified atom stereocenters. The molecule has 0 aliphatic carbocycles. The van der Waals surface area contributed by atoms with Crippen LogP contribution in [0.5, 0.6) is 5.75 Å². The van der Waals surface area contributed by atoms with E-state index in [0.29, 0.717) is 12.3 Å². The summed E-state index contributed by atoms with van der Waals surface area (Å²) in [5.41, 5.74) is 0.120. The van der Waals surface area contributed by atoms with Gasteiger partial charge in [0.2, 0.25) is 0 Å². The summed E-state index contributed by atoms with van der Waals surface area (Å²) in [7, 11) is 0. The van der Waals surface area contributed by atoms with Crippen LogP contribution in [0.2, 0.25) is 0 Å². The predicted molar refractivity (Wildman–Crippen MR) is 90.8 cm³/mol. The van der Waals surface area contributed by atoms with Crippen molar-refractivity contribution in [1.82, 2.24) is 14.9 Å². The Kier molecular flexibility index (Phi) is 6.17. The molecule has 0 spiro atoms. The Bertz CT molecular complexity index is 685. The molecule has 24 heavy (non-hydrogen) atoms. The molecule has 0 aliphatic heterocycles. The molecule has 2 rings (SSSR count). The van der Waals surface area contributed by atoms with Gasteiger partial charge in [-0.3, -0.25) is 0 Å². The number of nitrogens with one attached hydrogen (secondary N) is 2. The van der Waals surface area contributed by atoms with Gasteiger partial charge in [0.15, 0.2) is 0 Å². The Morgan fingerprint density at radius 3 is 2.83 bits per heavy atom. The second kappa shape index (κ2) is 8.33. The van der Waals surface area contributed by atoms with Gasteiger partial charge in [-0.05, 0) is 39.3 Å². The lowest BCUT2D eigenvalue weighted by Crippen LogP contribution is -2.30. The van der Waals surface area contributed by atoms with Crippen LogP contribution in [0.4, 0.5) is 14.9 Å². The first-order valence-electron chi connectivity index (χ1n) is 7.94. The van der Waals surface area contributed by atoms with Crippen molar-refractivity contribution in [2.24, 2.45) is 0 Å². The van der Waals surface area contributed by atoms with E-state index in [2.05, 4.69) is 15.6 Å². The highest BCUT2D eigenvalue weighted by Gasteiger charge is 2.08. The van der Waals surface area contributed by atoms with E-state index < -0.39 is 11.8 Å². The highest BCUT2D eigenvalue weighted by molar-refractivity contribution is 5.89. The third-order valence-corrected chi connectivity index (χ3v) is 3.35. The first-order valence-corrected chi connectivity index (χ1v) is 7.94. The number of benzene rings is 1. The maximum absolute atomic E-state index is 13.9. The number of urea groups is 1. The molecule has 1 aromatic heterocycles. The summed E-state index contributed by atoms with van der Waals surface area (Å²) in [6, 6.07) is 3.94. The van der Waals surface area contributed by atoms with Gasteiger partial charge >= 0.3 is 6.03 Å². The lowest BCUT2D eigenvalue weighted by Gasteiger charge is -2.12. The van der Waals surface area contributed by atoms with Crippen LogP contribution < -0.4 is 15.4 Å². The van der Waals surface area contributed by atoms with Crippen molar-refractivity contribution >= 4 is 11.7 Å². The van der Waals surface area contributed by atoms with Crippen molar-refractivity contribution in [1.29, 1.82) is 0 Å². The maximum atomic E-state index is 13.9. The summed E-state index contributed by atoms with van der Waals surface area (Å²) in [6.45, 7) is 6.91. The van der Waals surface area contributed by atoms with Gasteiger partial charge in [-0.1, -0.05) is 0 Å². The average molecular weight is 334 g/mol. The van der Waals surface area contributed by atoms with Crippen LogP contribution in [0.15, 0.2) is 30.6 Å². The fourth-order valence-electron chi connectivity index (χ4n) is 2.20. The van der Waals surface area contributed by atoms with Crippen molar-refractivity contribution in [2.75, 3.05) is 11.9 Å². The Morgan fingerprint density at radius 1 is 1.42 bits per heavy atom. The van der Waals surface area contributed by atoms with Crippen molar-refractivity contribution in [3.63, 3.8) is 0 Å². The third-order valence-electron chi connectivity index (χ3n) is 3.35. The van der Waals surface area contributed by atoms with E-state index in [1.807, 2.05) is 31.5 Å². The number of carbonyl (C=O) groups excluding carboxylic acids is 1. The molecular weight excluding hydrogens is 311 g/mol. The van der Waals surface area contributed by atoms with Gasteiger partial charge in [0.25, 0.3) is 0 Å². The Hall–Kier alpha value is -2.57. The molecule has 1 heterocycles. The minimum absolute atomic E-state index is 0.0364. The third kappa shape index (κ3) is 5.26. The number of nitrogens with zero attached hydrogens (tertiary/aromatic N) is 2. The highest BCUT2D eigenvalue weighted by atomic mass is 19.1. The summed E-state index contributed by atoms with van der Waals surface area (Å²) < 4.78 is 21.4. The fourth-order valence-corrected chi connectivity index (χ4v) is 2.20. The molecule has 130 valence electrons. The number of hydrogen-bond acceptors (Lipinski definition) is 3. The van der Waals surface area contributed by atoms with Gasteiger partial charge in [0.1, 0.15) is 17.4 Å². The minimum Gasteiger partial charge on any atom is -0.491 e. The molecule has 0 radical (unpaired) electrons. The van der Waals surface area contributed by atoms with Crippen LogP contribution in [0.25, 0.3) is 0 Å². The number of amides is 2. The molecule has 1 aromatic carbocycles. The zero-order valence-corrected chi connectivity index (χ0v) is 14.2. The van der Waals surface area contributed by atoms with Crippen LogP contribution in [0.3, 0.4) is 0 Å². The van der Waals surface area contributed by atoms with E-state index in [1.165, 1.54) is 12.1 Å². The van der Waals surface area contributed by atoms with E-state index in [4.69, 9.17) is 4.74 Å².